The number of nitrogens with zero attached hydrogens (tertiary/aromatic N) is 2. The van der Waals surface area contributed by atoms with Crippen molar-refractivity contribution in [3.8, 4) is 0 Å². The lowest BCUT2D eigenvalue weighted by Gasteiger charge is -2.13. The number of rotatable bonds is 7. The van der Waals surface area contributed by atoms with Gasteiger partial charge in [-0.25, -0.2) is 14.8 Å². The van der Waals surface area contributed by atoms with Gasteiger partial charge in [-0.15, -0.1) is 0 Å². The van der Waals surface area contributed by atoms with E-state index in [2.05, 4.69) is 26.7 Å². The highest BCUT2D eigenvalue weighted by atomic mass is 16.4. The molecule has 0 radical (unpaired) electrons. The molecule has 1 aromatic heterocycles. The average Bonchev–Trinajstić information content (AvgIpc) is 2.63. The Kier molecular flexibility index (Phi) is 5.61. The molecule has 1 heterocycles. The van der Waals surface area contributed by atoms with Crippen molar-refractivity contribution >= 4 is 23.3 Å². The van der Waals surface area contributed by atoms with E-state index in [0.717, 1.165) is 24.5 Å². The van der Waals surface area contributed by atoms with Crippen LogP contribution in [0.2, 0.25) is 0 Å². The second kappa shape index (κ2) is 8.28. The van der Waals surface area contributed by atoms with E-state index in [1.807, 2.05) is 6.07 Å². The highest BCUT2D eigenvalue weighted by Gasteiger charge is 2.05. The molecule has 0 atom stereocenters. The molecule has 0 unspecified atom stereocenters. The van der Waals surface area contributed by atoms with Gasteiger partial charge in [-0.2, -0.15) is 0 Å². The maximum atomic E-state index is 10.9. The van der Waals surface area contributed by atoms with E-state index in [9.17, 15) is 4.79 Å². The summed E-state index contributed by atoms with van der Waals surface area (Å²) in [5.41, 5.74) is 2.57. The van der Waals surface area contributed by atoms with Gasteiger partial charge in [0.25, 0.3) is 0 Å². The molecule has 1 aliphatic rings. The van der Waals surface area contributed by atoms with Crippen molar-refractivity contribution in [2.45, 2.75) is 32.1 Å². The van der Waals surface area contributed by atoms with Crippen LogP contribution in [0.25, 0.3) is 0 Å². The fourth-order valence-electron chi connectivity index (χ4n) is 2.85. The molecule has 1 aromatic carbocycles. The average molecular weight is 338 g/mol. The molecule has 0 saturated carbocycles. The lowest BCUT2D eigenvalue weighted by molar-refractivity contribution is 0.0697. The SMILES string of the molecule is O=C(O)c1ccc(Nc2cc(NCCC3=CCCCC3)ncn2)cc1. The summed E-state index contributed by atoms with van der Waals surface area (Å²) in [6.07, 6.45) is 9.94. The number of carboxylic acid groups (broad SMARTS) is 1. The molecule has 0 spiro atoms. The fraction of sp³-hybridized carbons (Fsp3) is 0.316. The zero-order valence-electron chi connectivity index (χ0n) is 14.0. The predicted molar refractivity (Wildman–Crippen MR) is 98.4 cm³/mol. The quantitative estimate of drug-likeness (QED) is 0.655. The fourth-order valence-corrected chi connectivity index (χ4v) is 2.85. The Labute approximate surface area is 147 Å². The minimum atomic E-state index is -0.937. The normalized spacial score (nSPS) is 13.8. The van der Waals surface area contributed by atoms with Crippen LogP contribution < -0.4 is 10.6 Å². The van der Waals surface area contributed by atoms with Gasteiger partial charge in [-0.1, -0.05) is 11.6 Å². The van der Waals surface area contributed by atoms with Gasteiger partial charge in [0.05, 0.1) is 5.56 Å². The van der Waals surface area contributed by atoms with E-state index in [1.165, 1.54) is 37.6 Å². The van der Waals surface area contributed by atoms with Gasteiger partial charge < -0.3 is 15.7 Å². The molecular formula is C19H22N4O2. The van der Waals surface area contributed by atoms with Crippen LogP contribution in [0.5, 0.6) is 0 Å². The Bertz CT molecular complexity index is 756. The lowest BCUT2D eigenvalue weighted by atomic mass is 9.97. The molecule has 3 rings (SSSR count). The van der Waals surface area contributed by atoms with Gasteiger partial charge >= 0.3 is 5.97 Å². The summed E-state index contributed by atoms with van der Waals surface area (Å²) in [5.74, 6) is 0.502. The van der Waals surface area contributed by atoms with Crippen LogP contribution in [-0.2, 0) is 0 Å². The number of aromatic carboxylic acids is 1. The molecule has 3 N–H and O–H groups in total. The van der Waals surface area contributed by atoms with Crippen molar-refractivity contribution in [2.75, 3.05) is 17.2 Å². The summed E-state index contributed by atoms with van der Waals surface area (Å²) in [5, 5.41) is 15.4. The third-order valence-corrected chi connectivity index (χ3v) is 4.21. The van der Waals surface area contributed by atoms with E-state index >= 15 is 0 Å². The second-order valence-corrected chi connectivity index (χ2v) is 6.08. The molecule has 0 aliphatic heterocycles. The van der Waals surface area contributed by atoms with Crippen LogP contribution in [0.15, 0.2) is 48.3 Å². The molecule has 0 amide bonds. The molecule has 0 fully saturated rings. The van der Waals surface area contributed by atoms with Crippen molar-refractivity contribution in [3.63, 3.8) is 0 Å². The first-order valence-corrected chi connectivity index (χ1v) is 8.55. The molecule has 6 heteroatoms. The number of nitrogens with one attached hydrogen (secondary N) is 2. The van der Waals surface area contributed by atoms with Gasteiger partial charge in [0.15, 0.2) is 0 Å². The first-order chi connectivity index (χ1) is 12.2. The minimum Gasteiger partial charge on any atom is -0.478 e. The molecule has 25 heavy (non-hydrogen) atoms. The van der Waals surface area contributed by atoms with Crippen LogP contribution in [0.3, 0.4) is 0 Å². The molecule has 2 aromatic rings. The molecular weight excluding hydrogens is 316 g/mol. The van der Waals surface area contributed by atoms with Gasteiger partial charge in [0.2, 0.25) is 0 Å². The summed E-state index contributed by atoms with van der Waals surface area (Å²) in [6, 6.07) is 8.40. The number of allylic oxidation sites excluding steroid dienone is 1. The Hall–Kier alpha value is -2.89. The third kappa shape index (κ3) is 5.04. The maximum absolute atomic E-state index is 10.9. The number of benzene rings is 1. The van der Waals surface area contributed by atoms with Gasteiger partial charge in [0, 0.05) is 18.3 Å². The molecule has 130 valence electrons. The van der Waals surface area contributed by atoms with E-state index in [-0.39, 0.29) is 5.56 Å². The molecule has 0 bridgehead atoms. The van der Waals surface area contributed by atoms with Crippen LogP contribution in [0.4, 0.5) is 17.3 Å². The highest BCUT2D eigenvalue weighted by molar-refractivity contribution is 5.88. The Morgan fingerprint density at radius 3 is 2.64 bits per heavy atom. The number of carbonyl (C=O) groups is 1. The van der Waals surface area contributed by atoms with Crippen molar-refractivity contribution < 1.29 is 9.90 Å². The van der Waals surface area contributed by atoms with Gasteiger partial charge in [0.1, 0.15) is 18.0 Å². The Balaban J connectivity index is 1.55. The van der Waals surface area contributed by atoms with Crippen molar-refractivity contribution in [2.24, 2.45) is 0 Å². The third-order valence-electron chi connectivity index (χ3n) is 4.21. The number of hydrogen-bond acceptors (Lipinski definition) is 5. The van der Waals surface area contributed by atoms with Gasteiger partial charge in [-0.3, -0.25) is 0 Å². The first-order valence-electron chi connectivity index (χ1n) is 8.55. The summed E-state index contributed by atoms with van der Waals surface area (Å²) in [6.45, 7) is 0.857. The monoisotopic (exact) mass is 338 g/mol. The zero-order chi connectivity index (χ0) is 17.5. The second-order valence-electron chi connectivity index (χ2n) is 6.08. The largest absolute Gasteiger partial charge is 0.478 e. The Morgan fingerprint density at radius 1 is 1.12 bits per heavy atom. The smallest absolute Gasteiger partial charge is 0.335 e. The summed E-state index contributed by atoms with van der Waals surface area (Å²) in [7, 11) is 0. The van der Waals surface area contributed by atoms with Gasteiger partial charge in [-0.05, 0) is 56.4 Å². The van der Waals surface area contributed by atoms with E-state index in [1.54, 1.807) is 24.3 Å². The van der Waals surface area contributed by atoms with Crippen LogP contribution in [0, 0.1) is 0 Å². The van der Waals surface area contributed by atoms with Crippen LogP contribution in [0.1, 0.15) is 42.5 Å². The van der Waals surface area contributed by atoms with Crippen molar-refractivity contribution in [3.05, 3.63) is 53.9 Å². The maximum Gasteiger partial charge on any atom is 0.335 e. The predicted octanol–water partition coefficient (Wildman–Crippen LogP) is 4.22. The van der Waals surface area contributed by atoms with Crippen molar-refractivity contribution in [1.82, 2.24) is 9.97 Å². The topological polar surface area (TPSA) is 87.1 Å². The van der Waals surface area contributed by atoms with E-state index in [0.29, 0.717) is 5.82 Å². The number of hydrogen-bond donors (Lipinski definition) is 3. The standard InChI is InChI=1S/C19H22N4O2/c24-19(25)15-6-8-16(9-7-15)23-18-12-17(21-13-22-18)20-11-10-14-4-2-1-3-5-14/h4,6-9,12-13H,1-3,5,10-11H2,(H,24,25)(H2,20,21,22,23). The van der Waals surface area contributed by atoms with Crippen molar-refractivity contribution in [1.29, 1.82) is 0 Å². The number of anilines is 3. The number of aromatic nitrogens is 2. The highest BCUT2D eigenvalue weighted by Crippen LogP contribution is 2.20. The summed E-state index contributed by atoms with van der Waals surface area (Å²) in [4.78, 5) is 19.3. The zero-order valence-corrected chi connectivity index (χ0v) is 14.0. The Morgan fingerprint density at radius 2 is 1.92 bits per heavy atom. The van der Waals surface area contributed by atoms with E-state index < -0.39 is 5.97 Å². The number of carboxylic acids is 1. The molecule has 0 saturated heterocycles. The minimum absolute atomic E-state index is 0.257. The summed E-state index contributed by atoms with van der Waals surface area (Å²) >= 11 is 0. The van der Waals surface area contributed by atoms with Crippen LogP contribution >= 0.6 is 0 Å². The lowest BCUT2D eigenvalue weighted by Crippen LogP contribution is -2.06. The first kappa shape index (κ1) is 17.0. The van der Waals surface area contributed by atoms with E-state index in [4.69, 9.17) is 5.11 Å². The van der Waals surface area contributed by atoms with Crippen LogP contribution in [-0.4, -0.2) is 27.6 Å². The molecule has 1 aliphatic carbocycles. The summed E-state index contributed by atoms with van der Waals surface area (Å²) < 4.78 is 0. The molecule has 6 nitrogen and oxygen atoms in total.